The summed E-state index contributed by atoms with van der Waals surface area (Å²) in [5.74, 6) is -3.74. The number of hydrogen-bond donors (Lipinski definition) is 1. The van der Waals surface area contributed by atoms with E-state index in [0.29, 0.717) is 11.6 Å². The van der Waals surface area contributed by atoms with E-state index in [9.17, 15) is 26.2 Å². The van der Waals surface area contributed by atoms with Gasteiger partial charge in [0.1, 0.15) is 22.8 Å². The lowest BCUT2D eigenvalue weighted by Crippen LogP contribution is -2.60. The molecule has 2 aromatic carbocycles. The van der Waals surface area contributed by atoms with Gasteiger partial charge in [0.25, 0.3) is 0 Å². The number of halogens is 3. The minimum atomic E-state index is -3.70. The number of benzene rings is 2. The fourth-order valence-corrected chi connectivity index (χ4v) is 7.40. The van der Waals surface area contributed by atoms with E-state index in [1.807, 2.05) is 0 Å². The molecule has 2 N–H and O–H groups in total. The maximum atomic E-state index is 14.8. The Morgan fingerprint density at radius 3 is 2.29 bits per heavy atom. The quantitative estimate of drug-likeness (QED) is 0.480. The first-order valence-electron chi connectivity index (χ1n) is 12.2. The molecule has 208 valence electrons. The molecule has 1 unspecified atom stereocenters. The van der Waals surface area contributed by atoms with Crippen LogP contribution in [0, 0.1) is 11.6 Å². The van der Waals surface area contributed by atoms with Gasteiger partial charge in [-0.05, 0) is 62.3 Å². The number of rotatable bonds is 9. The first kappa shape index (κ1) is 28.8. The number of sulfonamides is 1. The summed E-state index contributed by atoms with van der Waals surface area (Å²) in [6, 6.07) is 6.32. The fraction of sp³-hybridized carbons (Fsp3) is 0.458. The van der Waals surface area contributed by atoms with Gasteiger partial charge in [-0.3, -0.25) is 4.79 Å². The van der Waals surface area contributed by atoms with Crippen LogP contribution in [0.2, 0.25) is 5.02 Å². The molecule has 0 radical (unpaired) electrons. The molecule has 9 nitrogen and oxygen atoms in total. The number of nitrogens with two attached hydrogens (primary N) is 1. The molecule has 2 aromatic rings. The second kappa shape index (κ2) is 12.3. The molecule has 0 aliphatic carbocycles. The number of primary amides is 1. The van der Waals surface area contributed by atoms with Crippen LogP contribution in [0.15, 0.2) is 41.3 Å². The molecule has 0 bridgehead atoms. The Kier molecular flexibility index (Phi) is 9.37. The number of amides is 1. The minimum Gasteiger partial charge on any atom is -0.451 e. The minimum absolute atomic E-state index is 0.0411. The third kappa shape index (κ3) is 6.88. The summed E-state index contributed by atoms with van der Waals surface area (Å²) in [6.07, 6.45) is 3.20. The van der Waals surface area contributed by atoms with Crippen molar-refractivity contribution in [3.05, 3.63) is 53.1 Å². The molecule has 2 saturated heterocycles. The van der Waals surface area contributed by atoms with Crippen LogP contribution in [-0.2, 0) is 25.8 Å². The van der Waals surface area contributed by atoms with Crippen molar-refractivity contribution in [2.75, 3.05) is 45.0 Å². The molecular formula is C24H29ClF2N4O5S2. The SMILES string of the molecule is NC(=O)[C@H]1CN(S(=O)(=O)CCN2CCCCC2)CCN1S(=O)c1cc(F)c(Oc2ccc(Cl)cc2)c(F)c1. The van der Waals surface area contributed by atoms with Gasteiger partial charge >= 0.3 is 0 Å². The third-order valence-electron chi connectivity index (χ3n) is 6.55. The standard InChI is InChI=1S/C24H29ClF2N4O5S2/c25-17-4-6-18(7-5-17)36-23-20(26)14-19(15-21(23)27)37(33)31-11-10-30(16-22(31)24(28)32)38(34,35)13-12-29-8-2-1-3-9-29/h4-7,14-15,22H,1-3,8-13,16H2,(H2,28,32)/t22-,37?/m1/s1. The maximum absolute atomic E-state index is 14.8. The van der Waals surface area contributed by atoms with Crippen molar-refractivity contribution in [2.45, 2.75) is 30.2 Å². The number of carbonyl (C=O) groups is 1. The second-order valence-electron chi connectivity index (χ2n) is 9.16. The van der Waals surface area contributed by atoms with Crippen molar-refractivity contribution in [3.63, 3.8) is 0 Å². The number of piperazine rings is 1. The van der Waals surface area contributed by atoms with E-state index in [1.165, 1.54) is 28.6 Å². The normalized spacial score (nSPS) is 20.8. The summed E-state index contributed by atoms with van der Waals surface area (Å²) in [5, 5.41) is 0.419. The van der Waals surface area contributed by atoms with Gasteiger partial charge in [0.2, 0.25) is 15.9 Å². The van der Waals surface area contributed by atoms with Crippen LogP contribution in [0.25, 0.3) is 0 Å². The van der Waals surface area contributed by atoms with Gasteiger partial charge in [0.15, 0.2) is 17.4 Å². The molecule has 2 aliphatic heterocycles. The van der Waals surface area contributed by atoms with Crippen LogP contribution in [-0.4, -0.2) is 83.1 Å². The zero-order valence-electron chi connectivity index (χ0n) is 20.5. The molecule has 2 heterocycles. The number of ether oxygens (including phenoxy) is 1. The number of piperidine rings is 1. The molecule has 2 fully saturated rings. The highest BCUT2D eigenvalue weighted by molar-refractivity contribution is 7.89. The topological polar surface area (TPSA) is 113 Å². The summed E-state index contributed by atoms with van der Waals surface area (Å²) in [4.78, 5) is 14.1. The Balaban J connectivity index is 1.46. The van der Waals surface area contributed by atoms with Gasteiger partial charge in [-0.25, -0.2) is 25.7 Å². The number of likely N-dealkylation sites (tertiary alicyclic amines) is 1. The van der Waals surface area contributed by atoms with Crippen molar-refractivity contribution in [1.82, 2.24) is 13.5 Å². The van der Waals surface area contributed by atoms with E-state index in [1.54, 1.807) is 0 Å². The molecular weight excluding hydrogens is 562 g/mol. The van der Waals surface area contributed by atoms with Crippen LogP contribution >= 0.6 is 11.6 Å². The van der Waals surface area contributed by atoms with Crippen molar-refractivity contribution in [1.29, 1.82) is 0 Å². The van der Waals surface area contributed by atoms with E-state index >= 15 is 0 Å². The van der Waals surface area contributed by atoms with E-state index in [0.717, 1.165) is 48.8 Å². The maximum Gasteiger partial charge on any atom is 0.237 e. The van der Waals surface area contributed by atoms with Crippen LogP contribution < -0.4 is 10.5 Å². The first-order valence-corrected chi connectivity index (χ1v) is 15.2. The largest absolute Gasteiger partial charge is 0.451 e. The van der Waals surface area contributed by atoms with Crippen molar-refractivity contribution in [2.24, 2.45) is 5.73 Å². The Morgan fingerprint density at radius 1 is 1.05 bits per heavy atom. The summed E-state index contributed by atoms with van der Waals surface area (Å²) >= 11 is 5.81. The Bertz CT molecular complexity index is 1270. The Morgan fingerprint density at radius 2 is 1.68 bits per heavy atom. The second-order valence-corrected chi connectivity index (χ2v) is 13.1. The molecule has 4 rings (SSSR count). The first-order chi connectivity index (χ1) is 18.0. The smallest absolute Gasteiger partial charge is 0.237 e. The average molecular weight is 591 g/mol. The van der Waals surface area contributed by atoms with Crippen molar-refractivity contribution in [3.8, 4) is 11.5 Å². The number of hydrogen-bond acceptors (Lipinski definition) is 6. The highest BCUT2D eigenvalue weighted by atomic mass is 35.5. The molecule has 1 amide bonds. The third-order valence-corrected chi connectivity index (χ3v) is 10.1. The van der Waals surface area contributed by atoms with E-state index in [2.05, 4.69) is 4.90 Å². The molecule has 0 spiro atoms. The summed E-state index contributed by atoms with van der Waals surface area (Å²) in [7, 11) is -5.90. The summed E-state index contributed by atoms with van der Waals surface area (Å²) in [5.41, 5.74) is 5.53. The van der Waals surface area contributed by atoms with E-state index in [4.69, 9.17) is 22.1 Å². The van der Waals surface area contributed by atoms with Crippen molar-refractivity contribution < 1.29 is 30.9 Å². The van der Waals surface area contributed by atoms with Gasteiger partial charge in [-0.2, -0.15) is 4.31 Å². The lowest BCUT2D eigenvalue weighted by atomic mass is 10.1. The van der Waals surface area contributed by atoms with Crippen LogP contribution in [0.3, 0.4) is 0 Å². The van der Waals surface area contributed by atoms with Gasteiger partial charge in [-0.1, -0.05) is 18.0 Å². The highest BCUT2D eigenvalue weighted by Gasteiger charge is 2.39. The van der Waals surface area contributed by atoms with Gasteiger partial charge in [0.05, 0.1) is 10.6 Å². The molecule has 2 aliphatic rings. The monoisotopic (exact) mass is 590 g/mol. The molecule has 0 aromatic heterocycles. The lowest BCUT2D eigenvalue weighted by Gasteiger charge is -2.38. The molecule has 38 heavy (non-hydrogen) atoms. The predicted octanol–water partition coefficient (Wildman–Crippen LogP) is 2.72. The summed E-state index contributed by atoms with van der Waals surface area (Å²) in [6.45, 7) is 1.63. The summed E-state index contributed by atoms with van der Waals surface area (Å²) < 4.78 is 76.4. The van der Waals surface area contributed by atoms with Crippen LogP contribution in [0.5, 0.6) is 11.5 Å². The Labute approximate surface area is 228 Å². The average Bonchev–Trinajstić information content (AvgIpc) is 2.90. The zero-order valence-corrected chi connectivity index (χ0v) is 22.9. The van der Waals surface area contributed by atoms with Gasteiger partial charge < -0.3 is 15.4 Å². The lowest BCUT2D eigenvalue weighted by molar-refractivity contribution is -0.122. The van der Waals surface area contributed by atoms with Gasteiger partial charge in [0, 0.05) is 31.2 Å². The molecule has 2 atom stereocenters. The number of nitrogens with zero attached hydrogens (tertiary/aromatic N) is 3. The van der Waals surface area contributed by atoms with Crippen molar-refractivity contribution >= 4 is 38.5 Å². The van der Waals surface area contributed by atoms with Gasteiger partial charge in [-0.15, -0.1) is 0 Å². The van der Waals surface area contributed by atoms with E-state index < -0.39 is 50.3 Å². The fourth-order valence-electron chi connectivity index (χ4n) is 4.47. The highest BCUT2D eigenvalue weighted by Crippen LogP contribution is 2.31. The Hall–Kier alpha value is -2.16. The molecule has 14 heteroatoms. The van der Waals surface area contributed by atoms with Crippen LogP contribution in [0.4, 0.5) is 8.78 Å². The van der Waals surface area contributed by atoms with Crippen LogP contribution in [0.1, 0.15) is 19.3 Å². The molecule has 0 saturated carbocycles. The predicted molar refractivity (Wildman–Crippen MR) is 140 cm³/mol. The van der Waals surface area contributed by atoms with E-state index in [-0.39, 0.29) is 36.0 Å². The zero-order chi connectivity index (χ0) is 27.4. The number of carbonyl (C=O) groups excluding carboxylic acids is 1.